The lowest BCUT2D eigenvalue weighted by Crippen LogP contribution is -2.24. The summed E-state index contributed by atoms with van der Waals surface area (Å²) >= 11 is 1.31. The number of aromatic nitrogens is 1. The second-order valence-corrected chi connectivity index (χ2v) is 4.51. The van der Waals surface area contributed by atoms with Gasteiger partial charge in [0.05, 0.1) is 24.2 Å². The molecule has 0 aliphatic carbocycles. The van der Waals surface area contributed by atoms with Gasteiger partial charge in [-0.25, -0.2) is 4.98 Å². The van der Waals surface area contributed by atoms with Crippen molar-refractivity contribution in [3.63, 3.8) is 0 Å². The number of furan rings is 1. The molecule has 6 heteroatoms. The number of hydrogen-bond acceptors (Lipinski definition) is 5. The van der Waals surface area contributed by atoms with Crippen molar-refractivity contribution < 1.29 is 9.21 Å². The van der Waals surface area contributed by atoms with Crippen LogP contribution in [0.25, 0.3) is 0 Å². The first-order valence-electron chi connectivity index (χ1n) is 5.38. The highest BCUT2D eigenvalue weighted by molar-refractivity contribution is 8.00. The summed E-state index contributed by atoms with van der Waals surface area (Å²) in [6, 6.07) is 7.11. The van der Waals surface area contributed by atoms with Crippen LogP contribution in [0.5, 0.6) is 0 Å². The molecule has 94 valence electrons. The first-order valence-corrected chi connectivity index (χ1v) is 6.36. The third-order valence-corrected chi connectivity index (χ3v) is 3.20. The number of pyridine rings is 1. The lowest BCUT2D eigenvalue weighted by molar-refractivity contribution is -0.118. The quantitative estimate of drug-likeness (QED) is 0.802. The number of anilines is 1. The number of carbonyl (C=O) groups is 1. The van der Waals surface area contributed by atoms with Gasteiger partial charge in [-0.05, 0) is 24.3 Å². The minimum Gasteiger partial charge on any atom is -0.467 e. The summed E-state index contributed by atoms with van der Waals surface area (Å²) in [6.07, 6.45) is 3.23. The van der Waals surface area contributed by atoms with Crippen LogP contribution in [-0.4, -0.2) is 16.6 Å². The van der Waals surface area contributed by atoms with Crippen LogP contribution in [0.2, 0.25) is 0 Å². The molecule has 5 nitrogen and oxygen atoms in total. The van der Waals surface area contributed by atoms with E-state index in [-0.39, 0.29) is 11.7 Å². The fourth-order valence-electron chi connectivity index (χ4n) is 1.31. The van der Waals surface area contributed by atoms with E-state index in [0.29, 0.717) is 17.3 Å². The minimum atomic E-state index is -0.0820. The lowest BCUT2D eigenvalue weighted by atomic mass is 10.4. The molecule has 3 N–H and O–H groups in total. The molecule has 2 aromatic rings. The molecule has 0 unspecified atom stereocenters. The predicted molar refractivity (Wildman–Crippen MR) is 69.9 cm³/mol. The average Bonchev–Trinajstić information content (AvgIpc) is 2.88. The summed E-state index contributed by atoms with van der Waals surface area (Å²) in [5.41, 5.74) is 6.31. The van der Waals surface area contributed by atoms with Crippen molar-refractivity contribution in [2.24, 2.45) is 0 Å². The summed E-state index contributed by atoms with van der Waals surface area (Å²) in [5, 5.41) is 3.42. The molecule has 1 amide bonds. The van der Waals surface area contributed by atoms with Crippen molar-refractivity contribution in [2.75, 3.05) is 11.5 Å². The molecule has 0 bridgehead atoms. The number of thioether (sulfide) groups is 1. The third-order valence-electron chi connectivity index (χ3n) is 2.18. The van der Waals surface area contributed by atoms with Gasteiger partial charge in [-0.2, -0.15) is 0 Å². The predicted octanol–water partition coefficient (Wildman–Crippen LogP) is 1.67. The molecule has 0 aliphatic heterocycles. The van der Waals surface area contributed by atoms with Crippen LogP contribution in [0.4, 0.5) is 5.69 Å². The number of nitrogen functional groups attached to an aromatic ring is 1. The Morgan fingerprint density at radius 2 is 2.33 bits per heavy atom. The molecule has 0 aliphatic rings. The first kappa shape index (κ1) is 12.5. The Labute approximate surface area is 109 Å². The van der Waals surface area contributed by atoms with Gasteiger partial charge in [-0.3, -0.25) is 4.79 Å². The zero-order chi connectivity index (χ0) is 12.8. The fourth-order valence-corrected chi connectivity index (χ4v) is 2.05. The molecule has 2 aromatic heterocycles. The summed E-state index contributed by atoms with van der Waals surface area (Å²) < 4.78 is 5.11. The molecule has 0 saturated carbocycles. The normalized spacial score (nSPS) is 10.2. The number of nitrogens with zero attached hydrogens (tertiary/aromatic N) is 1. The van der Waals surface area contributed by atoms with Crippen LogP contribution in [-0.2, 0) is 11.3 Å². The smallest absolute Gasteiger partial charge is 0.230 e. The van der Waals surface area contributed by atoms with E-state index < -0.39 is 0 Å². The van der Waals surface area contributed by atoms with E-state index in [2.05, 4.69) is 10.3 Å². The Balaban J connectivity index is 1.77. The van der Waals surface area contributed by atoms with E-state index in [0.717, 1.165) is 5.76 Å². The van der Waals surface area contributed by atoms with Crippen molar-refractivity contribution in [3.8, 4) is 0 Å². The fraction of sp³-hybridized carbons (Fsp3) is 0.167. The standard InChI is InChI=1S/C12H13N3O2S/c13-10-4-1-5-14-12(10)18-8-11(16)15-7-9-3-2-6-17-9/h1-6H,7-8,13H2,(H,15,16). The molecule has 0 saturated heterocycles. The van der Waals surface area contributed by atoms with Gasteiger partial charge in [0.25, 0.3) is 0 Å². The maximum absolute atomic E-state index is 11.6. The van der Waals surface area contributed by atoms with Gasteiger partial charge in [-0.1, -0.05) is 11.8 Å². The van der Waals surface area contributed by atoms with Crippen LogP contribution in [0.3, 0.4) is 0 Å². The molecule has 2 heterocycles. The van der Waals surface area contributed by atoms with Gasteiger partial charge in [0.2, 0.25) is 5.91 Å². The van der Waals surface area contributed by atoms with Crippen molar-refractivity contribution >= 4 is 23.4 Å². The average molecular weight is 263 g/mol. The van der Waals surface area contributed by atoms with E-state index >= 15 is 0 Å². The molecule has 0 radical (unpaired) electrons. The van der Waals surface area contributed by atoms with E-state index in [4.69, 9.17) is 10.2 Å². The van der Waals surface area contributed by atoms with Crippen molar-refractivity contribution in [1.82, 2.24) is 10.3 Å². The summed E-state index contributed by atoms with van der Waals surface area (Å²) in [5.74, 6) is 0.925. The van der Waals surface area contributed by atoms with Crippen molar-refractivity contribution in [2.45, 2.75) is 11.6 Å². The first-order chi connectivity index (χ1) is 8.75. The molecule has 0 atom stereocenters. The molecular formula is C12H13N3O2S. The summed E-state index contributed by atoms with van der Waals surface area (Å²) in [6.45, 7) is 0.393. The van der Waals surface area contributed by atoms with Crippen LogP contribution in [0.15, 0.2) is 46.2 Å². The third kappa shape index (κ3) is 3.53. The number of nitrogens with one attached hydrogen (secondary N) is 1. The van der Waals surface area contributed by atoms with E-state index in [9.17, 15) is 4.79 Å². The molecular weight excluding hydrogens is 250 g/mol. The zero-order valence-electron chi connectivity index (χ0n) is 9.63. The second kappa shape index (κ2) is 6.11. The van der Waals surface area contributed by atoms with E-state index in [1.165, 1.54) is 11.8 Å². The minimum absolute atomic E-state index is 0.0820. The summed E-state index contributed by atoms with van der Waals surface area (Å²) in [7, 11) is 0. The van der Waals surface area contributed by atoms with Gasteiger partial charge in [0, 0.05) is 6.20 Å². The number of hydrogen-bond donors (Lipinski definition) is 2. The molecule has 0 aromatic carbocycles. The molecule has 18 heavy (non-hydrogen) atoms. The van der Waals surface area contributed by atoms with E-state index in [1.54, 1.807) is 30.7 Å². The van der Waals surface area contributed by atoms with Gasteiger partial charge in [0.15, 0.2) is 0 Å². The zero-order valence-corrected chi connectivity index (χ0v) is 10.4. The van der Waals surface area contributed by atoms with E-state index in [1.807, 2.05) is 6.07 Å². The number of rotatable bonds is 5. The lowest BCUT2D eigenvalue weighted by Gasteiger charge is -2.04. The highest BCUT2D eigenvalue weighted by Gasteiger charge is 2.06. The van der Waals surface area contributed by atoms with Crippen LogP contribution >= 0.6 is 11.8 Å². The maximum atomic E-state index is 11.6. The van der Waals surface area contributed by atoms with Crippen LogP contribution in [0, 0.1) is 0 Å². The monoisotopic (exact) mass is 263 g/mol. The number of carbonyl (C=O) groups excluding carboxylic acids is 1. The maximum Gasteiger partial charge on any atom is 0.230 e. The topological polar surface area (TPSA) is 81.1 Å². The van der Waals surface area contributed by atoms with Crippen molar-refractivity contribution in [3.05, 3.63) is 42.5 Å². The highest BCUT2D eigenvalue weighted by atomic mass is 32.2. The SMILES string of the molecule is Nc1cccnc1SCC(=O)NCc1ccco1. The Hall–Kier alpha value is -1.95. The summed E-state index contributed by atoms with van der Waals surface area (Å²) in [4.78, 5) is 15.7. The number of amides is 1. The molecule has 0 spiro atoms. The van der Waals surface area contributed by atoms with Gasteiger partial charge < -0.3 is 15.5 Å². The van der Waals surface area contributed by atoms with Crippen molar-refractivity contribution in [1.29, 1.82) is 0 Å². The van der Waals surface area contributed by atoms with Gasteiger partial charge in [-0.15, -0.1) is 0 Å². The molecule has 2 rings (SSSR count). The van der Waals surface area contributed by atoms with Gasteiger partial charge in [0.1, 0.15) is 10.8 Å². The highest BCUT2D eigenvalue weighted by Crippen LogP contribution is 2.20. The Morgan fingerprint density at radius 1 is 1.44 bits per heavy atom. The van der Waals surface area contributed by atoms with Crippen LogP contribution in [0.1, 0.15) is 5.76 Å². The Kier molecular flexibility index (Phi) is 4.25. The van der Waals surface area contributed by atoms with Gasteiger partial charge >= 0.3 is 0 Å². The Morgan fingerprint density at radius 3 is 3.06 bits per heavy atom. The largest absolute Gasteiger partial charge is 0.467 e. The second-order valence-electron chi connectivity index (χ2n) is 3.54. The Bertz CT molecular complexity index is 514. The molecule has 0 fully saturated rings. The van der Waals surface area contributed by atoms with Crippen LogP contribution < -0.4 is 11.1 Å². The number of nitrogens with two attached hydrogens (primary N) is 1.